The zero-order valence-electron chi connectivity index (χ0n) is 14.1. The molecule has 0 aliphatic carbocycles. The molecule has 8 heteroatoms. The number of rotatable bonds is 5. The summed E-state index contributed by atoms with van der Waals surface area (Å²) in [6.45, 7) is 1.65. The van der Waals surface area contributed by atoms with Crippen molar-refractivity contribution in [1.29, 1.82) is 0 Å². The SMILES string of the molecule is CN=C(NCc1cnn(-c2ccc(Cl)cc2)c1)NCC1CCCS1.I. The molecule has 1 aliphatic rings. The first-order chi connectivity index (χ1) is 11.7. The minimum atomic E-state index is 0. The second kappa shape index (κ2) is 10.3. The lowest BCUT2D eigenvalue weighted by Crippen LogP contribution is -2.39. The average Bonchev–Trinajstić information content (AvgIpc) is 3.27. The predicted octanol–water partition coefficient (Wildman–Crippen LogP) is 3.70. The number of hydrogen-bond acceptors (Lipinski definition) is 3. The summed E-state index contributed by atoms with van der Waals surface area (Å²) in [5.74, 6) is 2.11. The van der Waals surface area contributed by atoms with Gasteiger partial charge in [0.05, 0.1) is 11.9 Å². The Balaban J connectivity index is 0.00000225. The van der Waals surface area contributed by atoms with Gasteiger partial charge in [0.15, 0.2) is 5.96 Å². The number of nitrogens with zero attached hydrogens (tertiary/aromatic N) is 3. The monoisotopic (exact) mass is 491 g/mol. The average molecular weight is 492 g/mol. The zero-order valence-corrected chi connectivity index (χ0v) is 18.0. The Labute approximate surface area is 175 Å². The summed E-state index contributed by atoms with van der Waals surface area (Å²) in [4.78, 5) is 4.28. The number of nitrogens with one attached hydrogen (secondary N) is 2. The number of thioether (sulfide) groups is 1. The second-order valence-corrected chi connectivity index (χ2v) is 7.56. The molecule has 136 valence electrons. The van der Waals surface area contributed by atoms with Crippen molar-refractivity contribution in [2.45, 2.75) is 24.6 Å². The van der Waals surface area contributed by atoms with Gasteiger partial charge in [0.25, 0.3) is 0 Å². The Morgan fingerprint density at radius 3 is 2.84 bits per heavy atom. The molecule has 1 aromatic carbocycles. The van der Waals surface area contributed by atoms with Crippen LogP contribution in [0.2, 0.25) is 5.02 Å². The standard InChI is InChI=1S/C17H22ClN5S.HI/c1-19-17(21-11-16-3-2-8-24-16)20-9-13-10-22-23(12-13)15-6-4-14(18)5-7-15;/h4-7,10,12,16H,2-3,8-9,11H2,1H3,(H2,19,20,21);1H. The lowest BCUT2D eigenvalue weighted by Gasteiger charge is -2.14. The van der Waals surface area contributed by atoms with Gasteiger partial charge in [-0.25, -0.2) is 4.68 Å². The third kappa shape index (κ3) is 6.07. The van der Waals surface area contributed by atoms with Crippen LogP contribution in [-0.2, 0) is 6.54 Å². The van der Waals surface area contributed by atoms with Crippen LogP contribution in [0.4, 0.5) is 0 Å². The third-order valence-electron chi connectivity index (χ3n) is 3.93. The maximum absolute atomic E-state index is 5.92. The molecule has 1 atom stereocenters. The smallest absolute Gasteiger partial charge is 0.191 e. The second-order valence-electron chi connectivity index (χ2n) is 5.71. The summed E-state index contributed by atoms with van der Waals surface area (Å²) >= 11 is 7.96. The molecule has 0 saturated carbocycles. The highest BCUT2D eigenvalue weighted by atomic mass is 127. The van der Waals surface area contributed by atoms with E-state index in [0.29, 0.717) is 11.8 Å². The fourth-order valence-electron chi connectivity index (χ4n) is 2.61. The lowest BCUT2D eigenvalue weighted by atomic mass is 10.2. The maximum atomic E-state index is 5.92. The molecule has 2 N–H and O–H groups in total. The number of benzene rings is 1. The van der Waals surface area contributed by atoms with E-state index in [1.807, 2.05) is 53.1 Å². The number of guanidine groups is 1. The lowest BCUT2D eigenvalue weighted by molar-refractivity contribution is 0.726. The van der Waals surface area contributed by atoms with Crippen molar-refractivity contribution < 1.29 is 0 Å². The van der Waals surface area contributed by atoms with Crippen LogP contribution >= 0.6 is 47.3 Å². The van der Waals surface area contributed by atoms with Gasteiger partial charge in [0, 0.05) is 42.2 Å². The maximum Gasteiger partial charge on any atom is 0.191 e. The summed E-state index contributed by atoms with van der Waals surface area (Å²) in [5.41, 5.74) is 2.09. The van der Waals surface area contributed by atoms with Crippen LogP contribution in [0.5, 0.6) is 0 Å². The first-order valence-corrected chi connectivity index (χ1v) is 9.53. The van der Waals surface area contributed by atoms with Crippen molar-refractivity contribution in [2.75, 3.05) is 19.3 Å². The molecule has 2 heterocycles. The van der Waals surface area contributed by atoms with E-state index in [1.54, 1.807) is 7.05 Å². The fraction of sp³-hybridized carbons (Fsp3) is 0.412. The van der Waals surface area contributed by atoms with E-state index < -0.39 is 0 Å². The molecule has 0 amide bonds. The van der Waals surface area contributed by atoms with E-state index in [9.17, 15) is 0 Å². The number of aliphatic imine (C=N–C) groups is 1. The molecular formula is C17H23ClIN5S. The molecule has 0 spiro atoms. The largest absolute Gasteiger partial charge is 0.355 e. The molecule has 25 heavy (non-hydrogen) atoms. The molecule has 0 bridgehead atoms. The molecule has 2 aromatic rings. The highest BCUT2D eigenvalue weighted by Crippen LogP contribution is 2.25. The topological polar surface area (TPSA) is 54.2 Å². The summed E-state index contributed by atoms with van der Waals surface area (Å²) in [7, 11) is 1.80. The van der Waals surface area contributed by atoms with Gasteiger partial charge in [-0.3, -0.25) is 4.99 Å². The van der Waals surface area contributed by atoms with E-state index in [-0.39, 0.29) is 24.0 Å². The Morgan fingerprint density at radius 2 is 2.16 bits per heavy atom. The zero-order chi connectivity index (χ0) is 16.8. The van der Waals surface area contributed by atoms with Gasteiger partial charge in [-0.15, -0.1) is 24.0 Å². The van der Waals surface area contributed by atoms with Crippen molar-refractivity contribution in [3.05, 3.63) is 47.2 Å². The van der Waals surface area contributed by atoms with Crippen LogP contribution in [0.3, 0.4) is 0 Å². The number of aromatic nitrogens is 2. The van der Waals surface area contributed by atoms with Crippen LogP contribution < -0.4 is 10.6 Å². The molecule has 1 aromatic heterocycles. The van der Waals surface area contributed by atoms with Gasteiger partial charge in [-0.1, -0.05) is 11.6 Å². The third-order valence-corrected chi connectivity index (χ3v) is 5.58. The number of hydrogen-bond donors (Lipinski definition) is 2. The first kappa shape index (κ1) is 20.4. The normalized spacial score (nSPS) is 17.2. The Bertz CT molecular complexity index is 683. The molecule has 1 saturated heterocycles. The highest BCUT2D eigenvalue weighted by molar-refractivity contribution is 14.0. The molecule has 5 nitrogen and oxygen atoms in total. The van der Waals surface area contributed by atoms with Gasteiger partial charge in [0.1, 0.15) is 0 Å². The van der Waals surface area contributed by atoms with Crippen molar-refractivity contribution in [1.82, 2.24) is 20.4 Å². The van der Waals surface area contributed by atoms with E-state index >= 15 is 0 Å². The summed E-state index contributed by atoms with van der Waals surface area (Å²) in [6.07, 6.45) is 6.49. The van der Waals surface area contributed by atoms with E-state index in [0.717, 1.165) is 28.8 Å². The van der Waals surface area contributed by atoms with E-state index in [4.69, 9.17) is 11.6 Å². The van der Waals surface area contributed by atoms with Crippen LogP contribution in [0, 0.1) is 0 Å². The highest BCUT2D eigenvalue weighted by Gasteiger charge is 2.15. The molecular weight excluding hydrogens is 469 g/mol. The summed E-state index contributed by atoms with van der Waals surface area (Å²) in [5, 5.41) is 12.6. The molecule has 1 aliphatic heterocycles. The van der Waals surface area contributed by atoms with E-state index in [1.165, 1.54) is 18.6 Å². The first-order valence-electron chi connectivity index (χ1n) is 8.10. The fourth-order valence-corrected chi connectivity index (χ4v) is 3.94. The summed E-state index contributed by atoms with van der Waals surface area (Å²) in [6, 6.07) is 7.63. The molecule has 0 radical (unpaired) electrons. The van der Waals surface area contributed by atoms with Gasteiger partial charge >= 0.3 is 0 Å². The molecule has 1 unspecified atom stereocenters. The summed E-state index contributed by atoms with van der Waals surface area (Å²) < 4.78 is 1.85. The van der Waals surface area contributed by atoms with Gasteiger partial charge in [-0.05, 0) is 42.9 Å². The minimum Gasteiger partial charge on any atom is -0.355 e. The molecule has 1 fully saturated rings. The van der Waals surface area contributed by atoms with Gasteiger partial charge in [0.2, 0.25) is 0 Å². The van der Waals surface area contributed by atoms with E-state index in [2.05, 4.69) is 20.7 Å². The van der Waals surface area contributed by atoms with Crippen molar-refractivity contribution in [3.8, 4) is 5.69 Å². The van der Waals surface area contributed by atoms with Crippen LogP contribution in [0.1, 0.15) is 18.4 Å². The van der Waals surface area contributed by atoms with Crippen LogP contribution in [-0.4, -0.2) is 40.3 Å². The Morgan fingerprint density at radius 1 is 1.36 bits per heavy atom. The van der Waals surface area contributed by atoms with Crippen molar-refractivity contribution in [2.24, 2.45) is 4.99 Å². The minimum absolute atomic E-state index is 0. The molecule has 3 rings (SSSR count). The Kier molecular flexibility index (Phi) is 8.38. The van der Waals surface area contributed by atoms with Crippen LogP contribution in [0.25, 0.3) is 5.69 Å². The van der Waals surface area contributed by atoms with Crippen LogP contribution in [0.15, 0.2) is 41.7 Å². The van der Waals surface area contributed by atoms with Crippen molar-refractivity contribution in [3.63, 3.8) is 0 Å². The quantitative estimate of drug-likeness (QED) is 0.380. The Hall–Kier alpha value is -0.930. The van der Waals surface area contributed by atoms with Gasteiger partial charge in [-0.2, -0.15) is 16.9 Å². The predicted molar refractivity (Wildman–Crippen MR) is 118 cm³/mol. The van der Waals surface area contributed by atoms with Gasteiger partial charge < -0.3 is 10.6 Å². The van der Waals surface area contributed by atoms with Crippen molar-refractivity contribution >= 4 is 53.3 Å². The number of halogens is 2.